The number of fused-ring (bicyclic) bond motifs is 8. The van der Waals surface area contributed by atoms with Crippen molar-refractivity contribution in [1.29, 1.82) is 0 Å². The van der Waals surface area contributed by atoms with Crippen LogP contribution in [-0.2, 0) is 0 Å². The van der Waals surface area contributed by atoms with Gasteiger partial charge in [-0.3, -0.25) is 0 Å². The van der Waals surface area contributed by atoms with E-state index in [1.165, 1.54) is 21.5 Å². The molecule has 0 unspecified atom stereocenters. The minimum absolute atomic E-state index is 0.610. The Morgan fingerprint density at radius 3 is 1.62 bits per heavy atom. The van der Waals surface area contributed by atoms with Crippen molar-refractivity contribution in [3.63, 3.8) is 0 Å². The zero-order chi connectivity index (χ0) is 38.2. The highest BCUT2D eigenvalue weighted by atomic mass is 15.1. The van der Waals surface area contributed by atoms with Crippen molar-refractivity contribution in [2.45, 2.75) is 0 Å². The molecule has 0 aliphatic carbocycles. The maximum absolute atomic E-state index is 5.45. The van der Waals surface area contributed by atoms with Gasteiger partial charge in [-0.15, -0.1) is 0 Å². The second-order valence-electron chi connectivity index (χ2n) is 14.8. The fraction of sp³-hybridized carbons (Fsp3) is 0. The van der Waals surface area contributed by atoms with Gasteiger partial charge in [-0.05, 0) is 76.1 Å². The summed E-state index contributed by atoms with van der Waals surface area (Å²) in [6, 6.07) is 70.8. The van der Waals surface area contributed by atoms with Crippen LogP contribution in [0.15, 0.2) is 200 Å². The van der Waals surface area contributed by atoms with Gasteiger partial charge in [-0.1, -0.05) is 146 Å². The summed E-state index contributed by atoms with van der Waals surface area (Å²) in [5.41, 5.74) is 9.42. The van der Waals surface area contributed by atoms with Crippen molar-refractivity contribution in [2.75, 3.05) is 0 Å². The minimum Gasteiger partial charge on any atom is -0.309 e. The Bertz CT molecular complexity index is 3570. The zero-order valence-corrected chi connectivity index (χ0v) is 31.3. The minimum atomic E-state index is 0.610. The molecule has 0 fully saturated rings. The van der Waals surface area contributed by atoms with E-state index in [1.807, 2.05) is 0 Å². The summed E-state index contributed by atoms with van der Waals surface area (Å²) in [7, 11) is 0. The van der Waals surface area contributed by atoms with Crippen LogP contribution < -0.4 is 0 Å². The third kappa shape index (κ3) is 4.93. The van der Waals surface area contributed by atoms with Crippen molar-refractivity contribution in [3.05, 3.63) is 200 Å². The molecule has 0 bridgehead atoms. The molecule has 5 heteroatoms. The van der Waals surface area contributed by atoms with Gasteiger partial charge in [-0.25, -0.2) is 15.0 Å². The van der Waals surface area contributed by atoms with Crippen molar-refractivity contribution < 1.29 is 0 Å². The van der Waals surface area contributed by atoms with Crippen LogP contribution in [0.1, 0.15) is 0 Å². The Hall–Kier alpha value is -7.89. The van der Waals surface area contributed by atoms with Crippen molar-refractivity contribution in [3.8, 4) is 45.5 Å². The first-order chi connectivity index (χ1) is 28.8. The summed E-state index contributed by atoms with van der Waals surface area (Å²) >= 11 is 0. The second-order valence-corrected chi connectivity index (χ2v) is 14.8. The van der Waals surface area contributed by atoms with Gasteiger partial charge in [0.15, 0.2) is 17.5 Å². The molecule has 9 aromatic carbocycles. The molecule has 0 radical (unpaired) electrons. The molecule has 0 saturated carbocycles. The normalized spacial score (nSPS) is 11.8. The Balaban J connectivity index is 1.17. The highest BCUT2D eigenvalue weighted by Crippen LogP contribution is 2.41. The third-order valence-corrected chi connectivity index (χ3v) is 11.5. The van der Waals surface area contributed by atoms with Gasteiger partial charge in [0, 0.05) is 43.9 Å². The van der Waals surface area contributed by atoms with Crippen LogP contribution >= 0.6 is 0 Å². The molecule has 12 aromatic rings. The van der Waals surface area contributed by atoms with E-state index in [0.717, 1.165) is 71.7 Å². The fourth-order valence-corrected chi connectivity index (χ4v) is 8.99. The Labute approximate surface area is 333 Å². The molecule has 58 heavy (non-hydrogen) atoms. The number of aromatic nitrogens is 5. The monoisotopic (exact) mass is 739 g/mol. The van der Waals surface area contributed by atoms with E-state index in [2.05, 4.69) is 209 Å². The lowest BCUT2D eigenvalue weighted by atomic mass is 10.0. The molecular weight excluding hydrogens is 707 g/mol. The van der Waals surface area contributed by atoms with Gasteiger partial charge in [-0.2, -0.15) is 0 Å². The molecule has 3 heterocycles. The van der Waals surface area contributed by atoms with E-state index in [-0.39, 0.29) is 0 Å². The van der Waals surface area contributed by atoms with Crippen LogP contribution in [0.5, 0.6) is 0 Å². The van der Waals surface area contributed by atoms with E-state index in [4.69, 9.17) is 15.0 Å². The summed E-state index contributed by atoms with van der Waals surface area (Å²) in [6.07, 6.45) is 0. The highest BCUT2D eigenvalue weighted by Gasteiger charge is 2.22. The molecule has 5 nitrogen and oxygen atoms in total. The lowest BCUT2D eigenvalue weighted by Gasteiger charge is -2.15. The number of benzene rings is 9. The van der Waals surface area contributed by atoms with Crippen LogP contribution in [0.3, 0.4) is 0 Å². The van der Waals surface area contributed by atoms with Gasteiger partial charge in [0.05, 0.1) is 27.8 Å². The molecule has 0 aliphatic heterocycles. The van der Waals surface area contributed by atoms with Crippen LogP contribution in [0.2, 0.25) is 0 Å². The summed E-state index contributed by atoms with van der Waals surface area (Å²) in [6.45, 7) is 0. The average molecular weight is 740 g/mol. The average Bonchev–Trinajstić information content (AvgIpc) is 3.80. The van der Waals surface area contributed by atoms with E-state index in [1.54, 1.807) is 0 Å². The number of nitrogens with zero attached hydrogens (tertiary/aromatic N) is 5. The van der Waals surface area contributed by atoms with E-state index in [9.17, 15) is 0 Å². The molecule has 0 aliphatic rings. The lowest BCUT2D eigenvalue weighted by molar-refractivity contribution is 1.07. The molecular formula is C53H33N5. The maximum atomic E-state index is 5.45. The molecule has 270 valence electrons. The summed E-state index contributed by atoms with van der Waals surface area (Å²) in [5, 5.41) is 9.29. The zero-order valence-electron chi connectivity index (χ0n) is 31.3. The molecule has 0 saturated heterocycles. The maximum Gasteiger partial charge on any atom is 0.166 e. The van der Waals surface area contributed by atoms with Crippen molar-refractivity contribution in [2.24, 2.45) is 0 Å². The van der Waals surface area contributed by atoms with Crippen LogP contribution in [0.25, 0.3) is 111 Å². The van der Waals surface area contributed by atoms with E-state index >= 15 is 0 Å². The number of rotatable bonds is 5. The van der Waals surface area contributed by atoms with Gasteiger partial charge < -0.3 is 9.13 Å². The van der Waals surface area contributed by atoms with Gasteiger partial charge >= 0.3 is 0 Å². The molecule has 0 atom stereocenters. The topological polar surface area (TPSA) is 48.5 Å². The Kier molecular flexibility index (Phi) is 7.16. The van der Waals surface area contributed by atoms with Crippen molar-refractivity contribution in [1.82, 2.24) is 24.1 Å². The molecule has 3 aromatic heterocycles. The van der Waals surface area contributed by atoms with Gasteiger partial charge in [0.25, 0.3) is 0 Å². The first-order valence-corrected chi connectivity index (χ1v) is 19.6. The summed E-state index contributed by atoms with van der Waals surface area (Å²) < 4.78 is 4.71. The second kappa shape index (κ2) is 12.8. The fourth-order valence-electron chi connectivity index (χ4n) is 8.99. The predicted octanol–water partition coefficient (Wildman–Crippen LogP) is 13.4. The smallest absolute Gasteiger partial charge is 0.166 e. The standard InChI is InChI=1S/C53H33N5/c1-2-20-37(21-3-1)57-46-29-12-9-24-41(46)50-43(27-15-31-48(50)57)53-55-51(40-26-14-19-34-16-6-7-22-38(34)40)54-52(56-53)42-25-10-13-30-47(42)58-45-28-11-8-23-39(45)44-32-35-17-4-5-18-36(35)33-49(44)58/h1-33H. The number of para-hydroxylation sites is 4. The first kappa shape index (κ1) is 32.4. The molecule has 12 rings (SSSR count). The van der Waals surface area contributed by atoms with Gasteiger partial charge in [0.2, 0.25) is 0 Å². The van der Waals surface area contributed by atoms with Crippen molar-refractivity contribution >= 4 is 65.2 Å². The largest absolute Gasteiger partial charge is 0.309 e. The predicted molar refractivity (Wildman–Crippen MR) is 240 cm³/mol. The Morgan fingerprint density at radius 1 is 0.293 bits per heavy atom. The quantitative estimate of drug-likeness (QED) is 0.177. The summed E-state index contributed by atoms with van der Waals surface area (Å²) in [4.78, 5) is 16.2. The third-order valence-electron chi connectivity index (χ3n) is 11.5. The van der Waals surface area contributed by atoms with E-state index < -0.39 is 0 Å². The summed E-state index contributed by atoms with van der Waals surface area (Å²) in [5.74, 6) is 1.86. The first-order valence-electron chi connectivity index (χ1n) is 19.6. The van der Waals surface area contributed by atoms with Crippen LogP contribution in [-0.4, -0.2) is 24.1 Å². The van der Waals surface area contributed by atoms with E-state index in [0.29, 0.717) is 17.5 Å². The Morgan fingerprint density at radius 2 is 0.810 bits per heavy atom. The van der Waals surface area contributed by atoms with Crippen LogP contribution in [0, 0.1) is 0 Å². The lowest BCUT2D eigenvalue weighted by Crippen LogP contribution is -2.04. The highest BCUT2D eigenvalue weighted by molar-refractivity contribution is 6.16. The van der Waals surface area contributed by atoms with Crippen LogP contribution in [0.4, 0.5) is 0 Å². The molecule has 0 spiro atoms. The van der Waals surface area contributed by atoms with Gasteiger partial charge in [0.1, 0.15) is 0 Å². The molecule has 0 amide bonds. The number of hydrogen-bond acceptors (Lipinski definition) is 3. The SMILES string of the molecule is c1ccc(-n2c3ccccc3c3c(-c4nc(-c5ccccc5-n5c6ccccc6c6cc7ccccc7cc65)nc(-c5cccc6ccccc56)n4)cccc32)cc1. The molecule has 0 N–H and O–H groups in total. The number of hydrogen-bond donors (Lipinski definition) is 0.